The van der Waals surface area contributed by atoms with Crippen LogP contribution in [-0.4, -0.2) is 16.5 Å². The van der Waals surface area contributed by atoms with Crippen molar-refractivity contribution >= 4 is 5.82 Å². The Morgan fingerprint density at radius 3 is 2.50 bits per heavy atom. The smallest absolute Gasteiger partial charge is 0.133 e. The predicted octanol–water partition coefficient (Wildman–Crippen LogP) is 3.37. The zero-order valence-electron chi connectivity index (χ0n) is 11.0. The molecule has 0 bridgehead atoms. The van der Waals surface area contributed by atoms with Crippen molar-refractivity contribution in [1.82, 2.24) is 9.97 Å². The fraction of sp³-hybridized carbons (Fsp3) is 0.692. The van der Waals surface area contributed by atoms with Crippen molar-refractivity contribution in [3.8, 4) is 0 Å². The minimum Gasteiger partial charge on any atom is -0.370 e. The van der Waals surface area contributed by atoms with E-state index in [1.54, 1.807) is 0 Å². The van der Waals surface area contributed by atoms with Gasteiger partial charge in [0.15, 0.2) is 0 Å². The highest BCUT2D eigenvalue weighted by Gasteiger charge is 2.06. The van der Waals surface area contributed by atoms with Crippen LogP contribution >= 0.6 is 0 Å². The monoisotopic (exact) mass is 221 g/mol. The average molecular weight is 221 g/mol. The van der Waals surface area contributed by atoms with Gasteiger partial charge in [-0.1, -0.05) is 34.1 Å². The standard InChI is InChI=1S/C13H23N3/c1-6-10(4)8-14-12-7-11(5)15-13(16-12)9(2)3/h7,9-10H,6,8H2,1-5H3,(H,14,15,16). The largest absolute Gasteiger partial charge is 0.370 e. The summed E-state index contributed by atoms with van der Waals surface area (Å²) >= 11 is 0. The Bertz CT molecular complexity index is 334. The lowest BCUT2D eigenvalue weighted by Gasteiger charge is -2.13. The molecule has 16 heavy (non-hydrogen) atoms. The Kier molecular flexibility index (Phi) is 4.71. The van der Waals surface area contributed by atoms with Crippen molar-refractivity contribution in [2.45, 2.75) is 47.0 Å². The summed E-state index contributed by atoms with van der Waals surface area (Å²) in [4.78, 5) is 8.95. The number of hydrogen-bond acceptors (Lipinski definition) is 3. The molecule has 1 unspecified atom stereocenters. The van der Waals surface area contributed by atoms with E-state index in [-0.39, 0.29) is 0 Å². The number of nitrogens with zero attached hydrogens (tertiary/aromatic N) is 2. The van der Waals surface area contributed by atoms with Gasteiger partial charge in [-0.2, -0.15) is 0 Å². The molecule has 0 spiro atoms. The molecule has 3 nitrogen and oxygen atoms in total. The molecule has 0 aliphatic rings. The molecule has 1 rings (SSSR count). The highest BCUT2D eigenvalue weighted by atomic mass is 15.0. The van der Waals surface area contributed by atoms with Crippen LogP contribution in [0.1, 0.15) is 51.6 Å². The summed E-state index contributed by atoms with van der Waals surface area (Å²) in [7, 11) is 0. The second kappa shape index (κ2) is 5.83. The normalized spacial score (nSPS) is 12.9. The summed E-state index contributed by atoms with van der Waals surface area (Å²) in [6.07, 6.45) is 1.19. The molecule has 1 atom stereocenters. The summed E-state index contributed by atoms with van der Waals surface area (Å²) in [6.45, 7) is 11.7. The van der Waals surface area contributed by atoms with E-state index in [0.29, 0.717) is 11.8 Å². The van der Waals surface area contributed by atoms with Gasteiger partial charge in [-0.3, -0.25) is 0 Å². The first-order valence-electron chi connectivity index (χ1n) is 6.12. The minimum atomic E-state index is 0.379. The van der Waals surface area contributed by atoms with Crippen LogP contribution in [0.5, 0.6) is 0 Å². The lowest BCUT2D eigenvalue weighted by Crippen LogP contribution is -2.13. The number of hydrogen-bond donors (Lipinski definition) is 1. The second-order valence-corrected chi connectivity index (χ2v) is 4.80. The van der Waals surface area contributed by atoms with Crippen LogP contribution in [0.25, 0.3) is 0 Å². The van der Waals surface area contributed by atoms with E-state index in [9.17, 15) is 0 Å². The van der Waals surface area contributed by atoms with Crippen molar-refractivity contribution in [2.75, 3.05) is 11.9 Å². The molecule has 0 amide bonds. The van der Waals surface area contributed by atoms with Crippen LogP contribution < -0.4 is 5.32 Å². The first-order valence-corrected chi connectivity index (χ1v) is 6.12. The molecular formula is C13H23N3. The van der Waals surface area contributed by atoms with Crippen molar-refractivity contribution in [2.24, 2.45) is 5.92 Å². The van der Waals surface area contributed by atoms with E-state index in [1.165, 1.54) is 6.42 Å². The van der Waals surface area contributed by atoms with Crippen LogP contribution in [0.15, 0.2) is 6.07 Å². The zero-order chi connectivity index (χ0) is 12.1. The summed E-state index contributed by atoms with van der Waals surface area (Å²) < 4.78 is 0. The Labute approximate surface area is 98.7 Å². The topological polar surface area (TPSA) is 37.8 Å². The quantitative estimate of drug-likeness (QED) is 0.828. The number of nitrogens with one attached hydrogen (secondary N) is 1. The molecular weight excluding hydrogens is 198 g/mol. The van der Waals surface area contributed by atoms with Crippen LogP contribution in [0.3, 0.4) is 0 Å². The fourth-order valence-electron chi connectivity index (χ4n) is 1.36. The highest BCUT2D eigenvalue weighted by Crippen LogP contribution is 2.14. The lowest BCUT2D eigenvalue weighted by molar-refractivity contribution is 0.591. The minimum absolute atomic E-state index is 0.379. The second-order valence-electron chi connectivity index (χ2n) is 4.80. The third kappa shape index (κ3) is 3.80. The van der Waals surface area contributed by atoms with E-state index >= 15 is 0 Å². The molecule has 1 heterocycles. The predicted molar refractivity (Wildman–Crippen MR) is 68.8 cm³/mol. The van der Waals surface area contributed by atoms with Gasteiger partial charge in [0.1, 0.15) is 11.6 Å². The van der Waals surface area contributed by atoms with Crippen molar-refractivity contribution in [3.05, 3.63) is 17.6 Å². The zero-order valence-corrected chi connectivity index (χ0v) is 11.0. The SMILES string of the molecule is CCC(C)CNc1cc(C)nc(C(C)C)n1. The average Bonchev–Trinajstić information content (AvgIpc) is 2.25. The molecule has 1 aromatic heterocycles. The molecule has 3 heteroatoms. The summed E-state index contributed by atoms with van der Waals surface area (Å²) in [5, 5.41) is 3.38. The Morgan fingerprint density at radius 1 is 1.25 bits per heavy atom. The van der Waals surface area contributed by atoms with Crippen LogP contribution in [0.4, 0.5) is 5.82 Å². The van der Waals surface area contributed by atoms with E-state index in [4.69, 9.17) is 0 Å². The number of anilines is 1. The third-order valence-corrected chi connectivity index (χ3v) is 2.72. The first-order chi connectivity index (χ1) is 7.52. The molecule has 1 aromatic rings. The van der Waals surface area contributed by atoms with Crippen molar-refractivity contribution in [1.29, 1.82) is 0 Å². The van der Waals surface area contributed by atoms with Crippen LogP contribution in [0.2, 0.25) is 0 Å². The maximum atomic E-state index is 4.52. The maximum absolute atomic E-state index is 4.52. The van der Waals surface area contributed by atoms with Crippen LogP contribution in [-0.2, 0) is 0 Å². The van der Waals surface area contributed by atoms with Gasteiger partial charge >= 0.3 is 0 Å². The Morgan fingerprint density at radius 2 is 1.94 bits per heavy atom. The molecule has 1 N–H and O–H groups in total. The van der Waals surface area contributed by atoms with Gasteiger partial charge in [-0.25, -0.2) is 9.97 Å². The van der Waals surface area contributed by atoms with Gasteiger partial charge in [0.25, 0.3) is 0 Å². The van der Waals surface area contributed by atoms with E-state index in [1.807, 2.05) is 13.0 Å². The van der Waals surface area contributed by atoms with E-state index in [0.717, 1.165) is 23.9 Å². The lowest BCUT2D eigenvalue weighted by atomic mass is 10.1. The fourth-order valence-corrected chi connectivity index (χ4v) is 1.36. The van der Waals surface area contributed by atoms with Crippen molar-refractivity contribution in [3.63, 3.8) is 0 Å². The Balaban J connectivity index is 2.72. The molecule has 0 aliphatic carbocycles. The van der Waals surface area contributed by atoms with Crippen LogP contribution in [0, 0.1) is 12.8 Å². The molecule has 0 radical (unpaired) electrons. The number of rotatable bonds is 5. The summed E-state index contributed by atoms with van der Waals surface area (Å²) in [6, 6.07) is 2.01. The summed E-state index contributed by atoms with van der Waals surface area (Å²) in [5.74, 6) is 2.94. The first kappa shape index (κ1) is 12.9. The van der Waals surface area contributed by atoms with E-state index < -0.39 is 0 Å². The number of aromatic nitrogens is 2. The van der Waals surface area contributed by atoms with Gasteiger partial charge in [0.05, 0.1) is 0 Å². The molecule has 0 fully saturated rings. The van der Waals surface area contributed by atoms with Gasteiger partial charge in [-0.15, -0.1) is 0 Å². The van der Waals surface area contributed by atoms with Gasteiger partial charge in [-0.05, 0) is 12.8 Å². The molecule has 0 saturated heterocycles. The third-order valence-electron chi connectivity index (χ3n) is 2.72. The van der Waals surface area contributed by atoms with E-state index in [2.05, 4.69) is 43.0 Å². The summed E-state index contributed by atoms with van der Waals surface area (Å²) in [5.41, 5.74) is 1.03. The molecule has 90 valence electrons. The number of aryl methyl sites for hydroxylation is 1. The molecule has 0 saturated carbocycles. The van der Waals surface area contributed by atoms with Gasteiger partial charge in [0.2, 0.25) is 0 Å². The molecule has 0 aliphatic heterocycles. The maximum Gasteiger partial charge on any atom is 0.133 e. The van der Waals surface area contributed by atoms with Gasteiger partial charge in [0, 0.05) is 24.2 Å². The molecule has 0 aromatic carbocycles. The Hall–Kier alpha value is -1.12. The van der Waals surface area contributed by atoms with Crippen molar-refractivity contribution < 1.29 is 0 Å². The highest BCUT2D eigenvalue weighted by molar-refractivity contribution is 5.36. The van der Waals surface area contributed by atoms with Gasteiger partial charge < -0.3 is 5.32 Å².